The van der Waals surface area contributed by atoms with Crippen LogP contribution in [0.15, 0.2) is 24.3 Å². The summed E-state index contributed by atoms with van der Waals surface area (Å²) >= 11 is 5.86. The van der Waals surface area contributed by atoms with Crippen LogP contribution in [0.2, 0.25) is 5.02 Å². The van der Waals surface area contributed by atoms with E-state index in [0.717, 1.165) is 13.0 Å². The third kappa shape index (κ3) is 6.89. The maximum absolute atomic E-state index is 11.9. The number of benzene rings is 1. The Morgan fingerprint density at radius 3 is 2.80 bits per heavy atom. The van der Waals surface area contributed by atoms with Crippen LogP contribution in [0.5, 0.6) is 0 Å². The molecule has 1 aromatic carbocycles. The van der Waals surface area contributed by atoms with Crippen molar-refractivity contribution in [3.8, 4) is 0 Å². The molecule has 0 aliphatic rings. The lowest BCUT2D eigenvalue weighted by Gasteiger charge is -2.17. The Labute approximate surface area is 125 Å². The van der Waals surface area contributed by atoms with Crippen molar-refractivity contribution in [1.29, 1.82) is 0 Å². The summed E-state index contributed by atoms with van der Waals surface area (Å²) in [7, 11) is 0. The van der Waals surface area contributed by atoms with Crippen molar-refractivity contribution in [2.45, 2.75) is 32.7 Å². The van der Waals surface area contributed by atoms with Gasteiger partial charge in [-0.3, -0.25) is 4.79 Å². The van der Waals surface area contributed by atoms with Gasteiger partial charge in [-0.25, -0.2) is 0 Å². The molecule has 2 atom stereocenters. The number of hydrogen-bond acceptors (Lipinski definition) is 3. The van der Waals surface area contributed by atoms with E-state index < -0.39 is 0 Å². The van der Waals surface area contributed by atoms with Crippen LogP contribution < -0.4 is 10.6 Å². The van der Waals surface area contributed by atoms with Crippen LogP contribution in [-0.2, 0) is 4.79 Å². The Morgan fingerprint density at radius 1 is 1.40 bits per heavy atom. The lowest BCUT2D eigenvalue weighted by Crippen LogP contribution is -2.33. The highest BCUT2D eigenvalue weighted by Gasteiger charge is 2.10. The zero-order valence-corrected chi connectivity index (χ0v) is 12.8. The summed E-state index contributed by atoms with van der Waals surface area (Å²) in [6, 6.07) is 7.20. The first-order valence-electron chi connectivity index (χ1n) is 6.91. The van der Waals surface area contributed by atoms with Crippen molar-refractivity contribution in [3.05, 3.63) is 29.3 Å². The monoisotopic (exact) mass is 298 g/mol. The second kappa shape index (κ2) is 8.95. The summed E-state index contributed by atoms with van der Waals surface area (Å²) in [6.45, 7) is 5.05. The van der Waals surface area contributed by atoms with Crippen LogP contribution in [0.3, 0.4) is 0 Å². The summed E-state index contributed by atoms with van der Waals surface area (Å²) < 4.78 is 0. The summed E-state index contributed by atoms with van der Waals surface area (Å²) in [5, 5.41) is 15.6. The smallest absolute Gasteiger partial charge is 0.225 e. The van der Waals surface area contributed by atoms with Crippen molar-refractivity contribution in [2.75, 3.05) is 18.5 Å². The number of halogens is 1. The van der Waals surface area contributed by atoms with Crippen molar-refractivity contribution in [2.24, 2.45) is 5.92 Å². The van der Waals surface area contributed by atoms with Gasteiger partial charge in [-0.2, -0.15) is 0 Å². The Balaban J connectivity index is 2.31. The number of carbonyl (C=O) groups excluding carboxylic acids is 1. The molecule has 1 rings (SSSR count). The van der Waals surface area contributed by atoms with Crippen LogP contribution in [0, 0.1) is 5.92 Å². The number of hydrogen-bond donors (Lipinski definition) is 3. The van der Waals surface area contributed by atoms with Crippen LogP contribution in [0.4, 0.5) is 5.69 Å². The molecule has 0 heterocycles. The summed E-state index contributed by atoms with van der Waals surface area (Å²) in [5.74, 6) is 0.362. The third-order valence-electron chi connectivity index (χ3n) is 3.04. The van der Waals surface area contributed by atoms with Gasteiger partial charge in [0.1, 0.15) is 0 Å². The molecule has 1 aromatic rings. The molecule has 20 heavy (non-hydrogen) atoms. The van der Waals surface area contributed by atoms with Crippen LogP contribution in [-0.4, -0.2) is 30.2 Å². The number of anilines is 1. The van der Waals surface area contributed by atoms with Crippen molar-refractivity contribution >= 4 is 23.2 Å². The minimum atomic E-state index is -0.0397. The lowest BCUT2D eigenvalue weighted by molar-refractivity contribution is -0.116. The molecule has 2 unspecified atom stereocenters. The van der Waals surface area contributed by atoms with Gasteiger partial charge in [0.15, 0.2) is 0 Å². The van der Waals surface area contributed by atoms with Gasteiger partial charge in [-0.1, -0.05) is 24.6 Å². The zero-order valence-electron chi connectivity index (χ0n) is 12.0. The molecule has 0 aliphatic heterocycles. The van der Waals surface area contributed by atoms with Gasteiger partial charge in [0.2, 0.25) is 5.91 Å². The molecule has 0 spiro atoms. The molecular weight excluding hydrogens is 276 g/mol. The van der Waals surface area contributed by atoms with Gasteiger partial charge in [0.25, 0.3) is 0 Å². The lowest BCUT2D eigenvalue weighted by atomic mass is 10.1. The number of nitrogens with one attached hydrogen (secondary N) is 2. The number of aliphatic hydroxyl groups is 1. The van der Waals surface area contributed by atoms with E-state index in [2.05, 4.69) is 17.6 Å². The van der Waals surface area contributed by atoms with E-state index >= 15 is 0 Å². The number of aliphatic hydroxyl groups excluding tert-OH is 1. The number of amides is 1. The third-order valence-corrected chi connectivity index (χ3v) is 3.27. The van der Waals surface area contributed by atoms with Crippen molar-refractivity contribution in [3.63, 3.8) is 0 Å². The van der Waals surface area contributed by atoms with Crippen LogP contribution in [0.25, 0.3) is 0 Å². The topological polar surface area (TPSA) is 61.4 Å². The largest absolute Gasteiger partial charge is 0.396 e. The molecule has 0 bridgehead atoms. The van der Waals surface area contributed by atoms with Crippen LogP contribution >= 0.6 is 11.6 Å². The first kappa shape index (κ1) is 17.0. The van der Waals surface area contributed by atoms with Gasteiger partial charge in [0, 0.05) is 29.8 Å². The summed E-state index contributed by atoms with van der Waals surface area (Å²) in [5.41, 5.74) is 0.711. The first-order chi connectivity index (χ1) is 9.51. The minimum absolute atomic E-state index is 0.0397. The second-order valence-electron chi connectivity index (χ2n) is 5.19. The summed E-state index contributed by atoms with van der Waals surface area (Å²) in [6.07, 6.45) is 1.17. The Kier molecular flexibility index (Phi) is 7.59. The Hall–Kier alpha value is -1.10. The maximum Gasteiger partial charge on any atom is 0.225 e. The molecule has 4 nitrogen and oxygen atoms in total. The SMILES string of the molecule is CC(CCO)CNC(C)CC(=O)Nc1cccc(Cl)c1. The molecule has 0 saturated heterocycles. The fourth-order valence-electron chi connectivity index (χ4n) is 1.85. The molecular formula is C15H23ClN2O2. The second-order valence-corrected chi connectivity index (χ2v) is 5.63. The van der Waals surface area contributed by atoms with E-state index in [-0.39, 0.29) is 18.6 Å². The zero-order chi connectivity index (χ0) is 15.0. The van der Waals surface area contributed by atoms with Gasteiger partial charge in [0.05, 0.1) is 0 Å². The fourth-order valence-corrected chi connectivity index (χ4v) is 2.04. The Morgan fingerprint density at radius 2 is 2.15 bits per heavy atom. The van der Waals surface area contributed by atoms with Gasteiger partial charge >= 0.3 is 0 Å². The average molecular weight is 299 g/mol. The number of rotatable bonds is 8. The molecule has 0 aliphatic carbocycles. The van der Waals surface area contributed by atoms with E-state index in [9.17, 15) is 4.79 Å². The molecule has 112 valence electrons. The molecule has 1 amide bonds. The molecule has 0 saturated carbocycles. The molecule has 5 heteroatoms. The highest BCUT2D eigenvalue weighted by Crippen LogP contribution is 2.15. The van der Waals surface area contributed by atoms with Gasteiger partial charge in [-0.15, -0.1) is 0 Å². The van der Waals surface area contributed by atoms with E-state index in [1.165, 1.54) is 0 Å². The van der Waals surface area contributed by atoms with Crippen molar-refractivity contribution < 1.29 is 9.90 Å². The van der Waals surface area contributed by atoms with Crippen molar-refractivity contribution in [1.82, 2.24) is 5.32 Å². The quantitative estimate of drug-likeness (QED) is 0.691. The van der Waals surface area contributed by atoms with Crippen LogP contribution in [0.1, 0.15) is 26.7 Å². The van der Waals surface area contributed by atoms with Gasteiger partial charge < -0.3 is 15.7 Å². The van der Waals surface area contributed by atoms with E-state index in [1.807, 2.05) is 13.0 Å². The summed E-state index contributed by atoms with van der Waals surface area (Å²) in [4.78, 5) is 11.9. The predicted octanol–water partition coefficient (Wildman–Crippen LogP) is 2.67. The Bertz CT molecular complexity index is 426. The normalized spacial score (nSPS) is 13.8. The van der Waals surface area contributed by atoms with E-state index in [0.29, 0.717) is 23.0 Å². The molecule has 3 N–H and O–H groups in total. The molecule has 0 radical (unpaired) electrons. The predicted molar refractivity (Wildman–Crippen MR) is 83.0 cm³/mol. The highest BCUT2D eigenvalue weighted by atomic mass is 35.5. The van der Waals surface area contributed by atoms with Gasteiger partial charge in [-0.05, 0) is 44.0 Å². The molecule has 0 aromatic heterocycles. The maximum atomic E-state index is 11.9. The van der Waals surface area contributed by atoms with E-state index in [4.69, 9.17) is 16.7 Å². The highest BCUT2D eigenvalue weighted by molar-refractivity contribution is 6.30. The number of carbonyl (C=O) groups is 1. The van der Waals surface area contributed by atoms with E-state index in [1.54, 1.807) is 18.2 Å². The minimum Gasteiger partial charge on any atom is -0.396 e. The first-order valence-corrected chi connectivity index (χ1v) is 7.28. The molecule has 0 fully saturated rings. The fraction of sp³-hybridized carbons (Fsp3) is 0.533. The standard InChI is InChI=1S/C15H23ClN2O2/c1-11(6-7-19)10-17-12(2)8-15(20)18-14-5-3-4-13(16)9-14/h3-5,9,11-12,17,19H,6-8,10H2,1-2H3,(H,18,20). The average Bonchev–Trinajstić information content (AvgIpc) is 2.36.